The Kier molecular flexibility index (Phi) is 5.47. The molecule has 1 aromatic carbocycles. The number of nitrogens with one attached hydrogen (secondary N) is 1. The Morgan fingerprint density at radius 1 is 1.29 bits per heavy atom. The number of hydrogen-bond acceptors (Lipinski definition) is 5. The molecule has 1 N–H and O–H groups in total. The molecule has 28 heavy (non-hydrogen) atoms. The lowest BCUT2D eigenvalue weighted by Crippen LogP contribution is -2.71. The van der Waals surface area contributed by atoms with Gasteiger partial charge in [0.15, 0.2) is 0 Å². The summed E-state index contributed by atoms with van der Waals surface area (Å²) in [6.07, 6.45) is 3.77. The van der Waals surface area contributed by atoms with Gasteiger partial charge in [0.1, 0.15) is 0 Å². The summed E-state index contributed by atoms with van der Waals surface area (Å²) in [6, 6.07) is 13.5. The summed E-state index contributed by atoms with van der Waals surface area (Å²) >= 11 is 0. The summed E-state index contributed by atoms with van der Waals surface area (Å²) in [6.45, 7) is 4.03. The fourth-order valence-corrected chi connectivity index (χ4v) is 4.74. The van der Waals surface area contributed by atoms with Crippen LogP contribution < -0.4 is 5.32 Å². The van der Waals surface area contributed by atoms with E-state index in [0.29, 0.717) is 24.9 Å². The largest absolute Gasteiger partial charge is 0.358 e. The normalized spacial score (nSPS) is 26.4. The van der Waals surface area contributed by atoms with Gasteiger partial charge < -0.3 is 5.32 Å². The Balaban J connectivity index is 1.29. The second-order valence-electron chi connectivity index (χ2n) is 8.38. The predicted molar refractivity (Wildman–Crippen MR) is 109 cm³/mol. The van der Waals surface area contributed by atoms with Crippen molar-refractivity contribution in [3.63, 3.8) is 0 Å². The number of nitrogens with zero attached hydrogens (tertiary/aromatic N) is 4. The van der Waals surface area contributed by atoms with Crippen molar-refractivity contribution in [2.75, 3.05) is 39.8 Å². The molecule has 148 valence electrons. The summed E-state index contributed by atoms with van der Waals surface area (Å²) < 4.78 is 0. The van der Waals surface area contributed by atoms with Gasteiger partial charge in [0.05, 0.1) is 30.6 Å². The molecule has 0 spiro atoms. The van der Waals surface area contributed by atoms with Crippen molar-refractivity contribution < 1.29 is 4.79 Å². The van der Waals surface area contributed by atoms with E-state index in [0.717, 1.165) is 45.4 Å². The molecule has 3 aliphatic rings. The van der Waals surface area contributed by atoms with Crippen LogP contribution in [0.25, 0.3) is 0 Å². The molecular formula is C22H29N5O. The van der Waals surface area contributed by atoms with Gasteiger partial charge in [-0.1, -0.05) is 30.3 Å². The van der Waals surface area contributed by atoms with Crippen LogP contribution in [0.2, 0.25) is 0 Å². The molecule has 6 nitrogen and oxygen atoms in total. The van der Waals surface area contributed by atoms with Crippen molar-refractivity contribution >= 4 is 11.6 Å². The van der Waals surface area contributed by atoms with Gasteiger partial charge >= 0.3 is 0 Å². The minimum atomic E-state index is -0.0764. The molecule has 1 saturated carbocycles. The van der Waals surface area contributed by atoms with Gasteiger partial charge in [-0.3, -0.25) is 19.6 Å². The molecule has 1 aromatic rings. The monoisotopic (exact) mass is 379 g/mol. The number of hydrogen-bond donors (Lipinski definition) is 1. The Bertz CT molecular complexity index is 770. The zero-order chi connectivity index (χ0) is 19.6. The Hall–Kier alpha value is -2.23. The van der Waals surface area contributed by atoms with Crippen molar-refractivity contribution in [2.45, 2.75) is 43.2 Å². The maximum Gasteiger partial charge on any atom is 0.233 e. The Morgan fingerprint density at radius 2 is 2.00 bits per heavy atom. The van der Waals surface area contributed by atoms with Gasteiger partial charge in [0, 0.05) is 44.9 Å². The average molecular weight is 380 g/mol. The fraction of sp³-hybridized carbons (Fsp3) is 0.591. The van der Waals surface area contributed by atoms with E-state index in [2.05, 4.69) is 51.5 Å². The molecule has 1 amide bonds. The molecule has 0 aromatic heterocycles. The van der Waals surface area contributed by atoms with E-state index in [4.69, 9.17) is 4.99 Å². The number of likely N-dealkylation sites (N-methyl/N-ethyl adjacent to an activating group) is 1. The maximum absolute atomic E-state index is 11.6. The number of carbonyl (C=O) groups is 1. The van der Waals surface area contributed by atoms with Crippen LogP contribution in [0.3, 0.4) is 0 Å². The first-order chi connectivity index (χ1) is 13.6. The van der Waals surface area contributed by atoms with Gasteiger partial charge in [-0.2, -0.15) is 5.26 Å². The second kappa shape index (κ2) is 8.02. The molecule has 3 fully saturated rings. The van der Waals surface area contributed by atoms with Crippen molar-refractivity contribution in [3.8, 4) is 6.07 Å². The zero-order valence-electron chi connectivity index (χ0n) is 16.6. The topological polar surface area (TPSA) is 71.7 Å². The van der Waals surface area contributed by atoms with Crippen LogP contribution in [-0.4, -0.2) is 72.8 Å². The van der Waals surface area contributed by atoms with Crippen LogP contribution in [0.1, 0.15) is 37.2 Å². The quantitative estimate of drug-likeness (QED) is 0.818. The third-order valence-electron chi connectivity index (χ3n) is 6.43. The second-order valence-corrected chi connectivity index (χ2v) is 8.38. The van der Waals surface area contributed by atoms with Gasteiger partial charge in [0.25, 0.3) is 0 Å². The van der Waals surface area contributed by atoms with Gasteiger partial charge in [-0.05, 0) is 24.8 Å². The van der Waals surface area contributed by atoms with E-state index in [9.17, 15) is 10.1 Å². The summed E-state index contributed by atoms with van der Waals surface area (Å²) in [5, 5.41) is 12.0. The highest BCUT2D eigenvalue weighted by Crippen LogP contribution is 2.39. The number of aliphatic imine (C=N–C) groups is 1. The van der Waals surface area contributed by atoms with Crippen LogP contribution in [0.4, 0.5) is 0 Å². The summed E-state index contributed by atoms with van der Waals surface area (Å²) in [4.78, 5) is 21.3. The number of likely N-dealkylation sites (tertiary alicyclic amines) is 2. The van der Waals surface area contributed by atoms with Gasteiger partial charge in [0.2, 0.25) is 5.91 Å². The Morgan fingerprint density at radius 3 is 2.64 bits per heavy atom. The molecule has 0 bridgehead atoms. The minimum Gasteiger partial charge on any atom is -0.358 e. The van der Waals surface area contributed by atoms with Crippen LogP contribution in [-0.2, 0) is 4.79 Å². The van der Waals surface area contributed by atoms with Crippen LogP contribution in [0, 0.1) is 11.3 Å². The lowest BCUT2D eigenvalue weighted by molar-refractivity contribution is -0.127. The Labute approximate surface area is 167 Å². The van der Waals surface area contributed by atoms with Crippen LogP contribution in [0.5, 0.6) is 0 Å². The number of piperidine rings is 1. The number of amides is 1. The standard InChI is InChI=1S/C22H29N5O/c1-24-21(28)14-26-15-22(16-26,9-10-23)27-11-7-18(8-12-27)25-20-13-19(20)17-5-3-2-4-6-17/h2-6,18-19H,7-9,11-16H2,1H3,(H,24,28). The third-order valence-corrected chi connectivity index (χ3v) is 6.43. The third kappa shape index (κ3) is 3.96. The maximum atomic E-state index is 11.6. The van der Waals surface area contributed by atoms with Crippen LogP contribution in [0.15, 0.2) is 35.3 Å². The SMILES string of the molecule is CNC(=O)CN1CC(CC#N)(N2CCC(N=C3CC3c3ccccc3)CC2)C1. The number of benzene rings is 1. The van der Waals surface area contributed by atoms with E-state index in [1.165, 1.54) is 11.3 Å². The van der Waals surface area contributed by atoms with E-state index in [1.54, 1.807) is 7.05 Å². The molecule has 2 saturated heterocycles. The summed E-state index contributed by atoms with van der Waals surface area (Å²) in [5.74, 6) is 0.576. The summed E-state index contributed by atoms with van der Waals surface area (Å²) in [5.41, 5.74) is 2.67. The van der Waals surface area contributed by atoms with E-state index >= 15 is 0 Å². The average Bonchev–Trinajstić information content (AvgIpc) is 3.46. The molecule has 2 aliphatic heterocycles. The minimum absolute atomic E-state index is 0.0393. The first-order valence-electron chi connectivity index (χ1n) is 10.3. The van der Waals surface area contributed by atoms with E-state index in [-0.39, 0.29) is 11.4 Å². The summed E-state index contributed by atoms with van der Waals surface area (Å²) in [7, 11) is 1.67. The molecule has 6 heteroatoms. The van der Waals surface area contributed by atoms with Crippen molar-refractivity contribution in [1.82, 2.24) is 15.1 Å². The molecule has 2 heterocycles. The number of carbonyl (C=O) groups excluding carboxylic acids is 1. The van der Waals surface area contributed by atoms with Crippen molar-refractivity contribution in [2.24, 2.45) is 4.99 Å². The highest BCUT2D eigenvalue weighted by atomic mass is 16.1. The molecule has 1 atom stereocenters. The van der Waals surface area contributed by atoms with E-state index in [1.807, 2.05) is 0 Å². The smallest absolute Gasteiger partial charge is 0.233 e. The van der Waals surface area contributed by atoms with Gasteiger partial charge in [-0.15, -0.1) is 0 Å². The highest BCUT2D eigenvalue weighted by Gasteiger charge is 2.48. The highest BCUT2D eigenvalue weighted by molar-refractivity contribution is 6.06. The molecular weight excluding hydrogens is 350 g/mol. The van der Waals surface area contributed by atoms with Crippen molar-refractivity contribution in [1.29, 1.82) is 5.26 Å². The van der Waals surface area contributed by atoms with Gasteiger partial charge in [-0.25, -0.2) is 0 Å². The lowest BCUT2D eigenvalue weighted by Gasteiger charge is -2.56. The molecule has 1 aliphatic carbocycles. The van der Waals surface area contributed by atoms with Crippen LogP contribution >= 0.6 is 0 Å². The predicted octanol–water partition coefficient (Wildman–Crippen LogP) is 1.79. The molecule has 4 rings (SSSR count). The first-order valence-corrected chi connectivity index (χ1v) is 10.3. The fourth-order valence-electron chi connectivity index (χ4n) is 4.74. The number of nitriles is 1. The van der Waals surface area contributed by atoms with E-state index < -0.39 is 0 Å². The lowest BCUT2D eigenvalue weighted by atomic mass is 9.83. The molecule has 0 radical (unpaired) electrons. The first kappa shape index (κ1) is 19.1. The number of rotatable bonds is 6. The molecule has 1 unspecified atom stereocenters. The zero-order valence-corrected chi connectivity index (χ0v) is 16.6. The van der Waals surface area contributed by atoms with Crippen molar-refractivity contribution in [3.05, 3.63) is 35.9 Å².